The highest BCUT2D eigenvalue weighted by molar-refractivity contribution is 6.00. The van der Waals surface area contributed by atoms with Crippen LogP contribution >= 0.6 is 0 Å². The van der Waals surface area contributed by atoms with Gasteiger partial charge < -0.3 is 9.80 Å². The third-order valence-corrected chi connectivity index (χ3v) is 6.66. The van der Waals surface area contributed by atoms with Crippen LogP contribution in [0.4, 0.5) is 23.4 Å². The summed E-state index contributed by atoms with van der Waals surface area (Å²) in [5.74, 6) is 0.142. The molecule has 6 nitrogen and oxygen atoms in total. The van der Waals surface area contributed by atoms with Crippen molar-refractivity contribution in [2.24, 2.45) is 5.92 Å². The summed E-state index contributed by atoms with van der Waals surface area (Å²) in [5, 5.41) is 0. The van der Waals surface area contributed by atoms with Gasteiger partial charge in [0.25, 0.3) is 5.91 Å². The molecule has 3 aromatic rings. The van der Waals surface area contributed by atoms with Gasteiger partial charge in [0.2, 0.25) is 0 Å². The molecule has 34 heavy (non-hydrogen) atoms. The van der Waals surface area contributed by atoms with Gasteiger partial charge in [0.05, 0.1) is 23.2 Å². The summed E-state index contributed by atoms with van der Waals surface area (Å²) < 4.78 is 52.8. The van der Waals surface area contributed by atoms with Crippen LogP contribution in [0.25, 0.3) is 11.4 Å². The van der Waals surface area contributed by atoms with Crippen molar-refractivity contribution in [3.63, 3.8) is 0 Å². The van der Waals surface area contributed by atoms with Crippen molar-refractivity contribution in [1.82, 2.24) is 19.9 Å². The molecule has 176 valence electrons. The number of amides is 1. The first kappa shape index (κ1) is 22.2. The molecule has 1 aromatic carbocycles. The van der Waals surface area contributed by atoms with Gasteiger partial charge in [-0.15, -0.1) is 0 Å². The summed E-state index contributed by atoms with van der Waals surface area (Å²) >= 11 is 0. The maximum absolute atomic E-state index is 14.1. The van der Waals surface area contributed by atoms with E-state index in [-0.39, 0.29) is 29.5 Å². The Bertz CT molecular complexity index is 1200. The predicted octanol–water partition coefficient (Wildman–Crippen LogP) is 4.44. The number of carbonyl (C=O) groups is 1. The molecule has 0 spiro atoms. The minimum Gasteiger partial charge on any atom is -0.355 e. The summed E-state index contributed by atoms with van der Waals surface area (Å²) in [7, 11) is 1.77. The van der Waals surface area contributed by atoms with Crippen LogP contribution in [0.3, 0.4) is 0 Å². The number of halogens is 4. The highest BCUT2D eigenvalue weighted by Crippen LogP contribution is 2.42. The lowest BCUT2D eigenvalue weighted by atomic mass is 10.0. The number of piperidine rings is 1. The zero-order valence-electron chi connectivity index (χ0n) is 18.2. The summed E-state index contributed by atoms with van der Waals surface area (Å²) in [6.07, 6.45) is 1.05. The second-order valence-electron chi connectivity index (χ2n) is 8.71. The highest BCUT2D eigenvalue weighted by atomic mass is 19.4. The van der Waals surface area contributed by atoms with Crippen LogP contribution in [0.15, 0.2) is 55.0 Å². The Morgan fingerprint density at radius 2 is 1.85 bits per heavy atom. The number of pyridine rings is 1. The molecule has 1 aliphatic carbocycles. The number of rotatable bonds is 4. The van der Waals surface area contributed by atoms with Crippen LogP contribution in [0, 0.1) is 11.7 Å². The van der Waals surface area contributed by atoms with Gasteiger partial charge in [-0.1, -0.05) is 0 Å². The van der Waals surface area contributed by atoms with E-state index in [1.54, 1.807) is 30.4 Å². The molecule has 1 amide bonds. The number of likely N-dealkylation sites (tertiary alicyclic amines) is 1. The van der Waals surface area contributed by atoms with Gasteiger partial charge in [-0.2, -0.15) is 13.2 Å². The largest absolute Gasteiger partial charge is 0.417 e. The van der Waals surface area contributed by atoms with Crippen LogP contribution in [0.5, 0.6) is 0 Å². The zero-order chi connectivity index (χ0) is 24.0. The van der Waals surface area contributed by atoms with Crippen LogP contribution in [-0.4, -0.2) is 51.4 Å². The van der Waals surface area contributed by atoms with E-state index in [4.69, 9.17) is 0 Å². The van der Waals surface area contributed by atoms with Crippen molar-refractivity contribution < 1.29 is 22.4 Å². The van der Waals surface area contributed by atoms with E-state index >= 15 is 0 Å². The average Bonchev–Trinajstić information content (AvgIpc) is 3.44. The minimum atomic E-state index is -4.45. The number of hydrogen-bond donors (Lipinski definition) is 0. The van der Waals surface area contributed by atoms with E-state index in [2.05, 4.69) is 15.0 Å². The van der Waals surface area contributed by atoms with Crippen LogP contribution < -0.4 is 4.90 Å². The van der Waals surface area contributed by atoms with Crippen LogP contribution in [-0.2, 0) is 6.18 Å². The van der Waals surface area contributed by atoms with Gasteiger partial charge in [0.1, 0.15) is 11.6 Å². The third kappa shape index (κ3) is 3.97. The molecule has 1 saturated carbocycles. The fourth-order valence-electron chi connectivity index (χ4n) is 5.05. The van der Waals surface area contributed by atoms with E-state index < -0.39 is 17.6 Å². The Labute approximate surface area is 193 Å². The van der Waals surface area contributed by atoms with E-state index in [0.29, 0.717) is 23.8 Å². The van der Waals surface area contributed by atoms with Gasteiger partial charge >= 0.3 is 6.18 Å². The molecular formula is C24H21F4N5O. The first-order valence-corrected chi connectivity index (χ1v) is 10.9. The maximum atomic E-state index is 14.1. The highest BCUT2D eigenvalue weighted by Gasteiger charge is 2.49. The summed E-state index contributed by atoms with van der Waals surface area (Å²) in [6, 6.07) is 7.70. The molecule has 2 aliphatic rings. The fourth-order valence-corrected chi connectivity index (χ4v) is 5.05. The number of anilines is 1. The fraction of sp³-hybridized carbons (Fsp3) is 0.333. The minimum absolute atomic E-state index is 0.114. The lowest BCUT2D eigenvalue weighted by molar-refractivity contribution is -0.137. The molecule has 1 saturated heterocycles. The average molecular weight is 471 g/mol. The van der Waals surface area contributed by atoms with Crippen molar-refractivity contribution in [3.8, 4) is 11.4 Å². The molecule has 2 bridgehead atoms. The molecule has 10 heteroatoms. The number of benzene rings is 1. The number of fused-ring (bicyclic) bond motifs is 2. The number of nitrogens with zero attached hydrogens (tertiary/aromatic N) is 5. The Hall–Kier alpha value is -3.56. The van der Waals surface area contributed by atoms with Crippen LogP contribution in [0.2, 0.25) is 0 Å². The first-order valence-electron chi connectivity index (χ1n) is 10.9. The number of hydrogen-bond acceptors (Lipinski definition) is 5. The lowest BCUT2D eigenvalue weighted by Gasteiger charge is -2.39. The molecule has 2 aromatic heterocycles. The molecule has 0 N–H and O–H groups in total. The molecular weight excluding hydrogens is 450 g/mol. The Morgan fingerprint density at radius 3 is 2.50 bits per heavy atom. The molecule has 1 aliphatic heterocycles. The quantitative estimate of drug-likeness (QED) is 0.527. The maximum Gasteiger partial charge on any atom is 0.417 e. The summed E-state index contributed by atoms with van der Waals surface area (Å²) in [6.45, 7) is 0.542. The summed E-state index contributed by atoms with van der Waals surface area (Å²) in [4.78, 5) is 29.6. The molecule has 3 heterocycles. The van der Waals surface area contributed by atoms with E-state index in [1.165, 1.54) is 24.3 Å². The van der Waals surface area contributed by atoms with Gasteiger partial charge in [0, 0.05) is 37.7 Å². The smallest absolute Gasteiger partial charge is 0.355 e. The Balaban J connectivity index is 1.41. The number of carbonyl (C=O) groups excluding carboxylic acids is 1. The molecule has 0 radical (unpaired) electrons. The predicted molar refractivity (Wildman–Crippen MR) is 116 cm³/mol. The van der Waals surface area contributed by atoms with Crippen molar-refractivity contribution >= 4 is 11.7 Å². The van der Waals surface area contributed by atoms with Crippen molar-refractivity contribution in [3.05, 3.63) is 71.9 Å². The zero-order valence-corrected chi connectivity index (χ0v) is 18.2. The van der Waals surface area contributed by atoms with Crippen molar-refractivity contribution in [2.45, 2.75) is 31.1 Å². The second kappa shape index (κ2) is 8.34. The van der Waals surface area contributed by atoms with Gasteiger partial charge in [-0.25, -0.2) is 19.3 Å². The standard InChI is InChI=1S/C24H21F4N5O/c1-32(21-6-3-15(12-31-21)24(26,27)28)19-9-14-10-20(19)33(13-14)23(34)18-11-16(25)4-5-17(18)22-29-7-2-8-30-22/h2-8,11-12,14,19-20H,9-10,13H2,1H3/t14-,19-,20+/m1/s1. The Kier molecular flexibility index (Phi) is 5.45. The topological polar surface area (TPSA) is 62.2 Å². The third-order valence-electron chi connectivity index (χ3n) is 6.66. The lowest BCUT2D eigenvalue weighted by Crippen LogP contribution is -2.51. The van der Waals surface area contributed by atoms with Crippen molar-refractivity contribution in [1.29, 1.82) is 0 Å². The number of likely N-dealkylation sites (N-methyl/N-ethyl adjacent to an activating group) is 1. The van der Waals surface area contributed by atoms with Crippen molar-refractivity contribution in [2.75, 3.05) is 18.5 Å². The first-order chi connectivity index (χ1) is 16.2. The number of alkyl halides is 3. The van der Waals surface area contributed by atoms with Crippen LogP contribution in [0.1, 0.15) is 28.8 Å². The van der Waals surface area contributed by atoms with Gasteiger partial charge in [-0.3, -0.25) is 4.79 Å². The van der Waals surface area contributed by atoms with Gasteiger partial charge in [0.15, 0.2) is 5.82 Å². The Morgan fingerprint density at radius 1 is 1.09 bits per heavy atom. The van der Waals surface area contributed by atoms with E-state index in [9.17, 15) is 22.4 Å². The molecule has 5 rings (SSSR count). The van der Waals surface area contributed by atoms with Gasteiger partial charge in [-0.05, 0) is 55.2 Å². The molecule has 2 fully saturated rings. The molecule has 3 atom stereocenters. The van der Waals surface area contributed by atoms with E-state index in [0.717, 1.165) is 25.1 Å². The van der Waals surface area contributed by atoms with E-state index in [1.807, 2.05) is 4.90 Å². The second-order valence-corrected chi connectivity index (χ2v) is 8.71. The normalized spacial score (nSPS) is 21.7. The monoisotopic (exact) mass is 471 g/mol. The SMILES string of the molecule is CN(c1ccc(C(F)(F)F)cn1)[C@@H]1C[C@@H]2C[C@@H]1N(C(=O)c1cc(F)ccc1-c1ncccn1)C2. The summed E-state index contributed by atoms with van der Waals surface area (Å²) in [5.41, 5.74) is -0.173. The number of aromatic nitrogens is 3. The molecule has 0 unspecified atom stereocenters.